The van der Waals surface area contributed by atoms with Crippen molar-refractivity contribution in [1.29, 1.82) is 0 Å². The smallest absolute Gasteiger partial charge is 0.221 e. The van der Waals surface area contributed by atoms with Crippen LogP contribution in [0.4, 0.5) is 4.39 Å². The fourth-order valence-corrected chi connectivity index (χ4v) is 3.32. The van der Waals surface area contributed by atoms with E-state index in [1.165, 1.54) is 25.3 Å². The molecule has 0 spiro atoms. The topological polar surface area (TPSA) is 65.5 Å². The van der Waals surface area contributed by atoms with Gasteiger partial charge in [0.15, 0.2) is 5.96 Å². The molecule has 1 fully saturated rings. The first kappa shape index (κ1) is 23.7. The highest BCUT2D eigenvalue weighted by molar-refractivity contribution is 14.0. The lowest BCUT2D eigenvalue weighted by molar-refractivity contribution is -0.121. The molecule has 1 aromatic rings. The van der Waals surface area contributed by atoms with Crippen molar-refractivity contribution in [2.75, 3.05) is 20.1 Å². The van der Waals surface area contributed by atoms with Gasteiger partial charge in [0.25, 0.3) is 0 Å². The summed E-state index contributed by atoms with van der Waals surface area (Å²) in [5, 5.41) is 9.51. The van der Waals surface area contributed by atoms with Crippen LogP contribution in [0.2, 0.25) is 0 Å². The molecule has 0 aromatic heterocycles. The van der Waals surface area contributed by atoms with Gasteiger partial charge in [0.05, 0.1) is 0 Å². The molecule has 0 unspecified atom stereocenters. The highest BCUT2D eigenvalue weighted by Gasteiger charge is 2.15. The minimum atomic E-state index is -0.205. The van der Waals surface area contributed by atoms with Gasteiger partial charge in [0.2, 0.25) is 5.91 Å². The zero-order valence-corrected chi connectivity index (χ0v) is 18.6. The van der Waals surface area contributed by atoms with E-state index in [1.807, 2.05) is 13.0 Å². The van der Waals surface area contributed by atoms with Crippen molar-refractivity contribution in [1.82, 2.24) is 16.0 Å². The zero-order valence-electron chi connectivity index (χ0n) is 16.3. The van der Waals surface area contributed by atoms with Gasteiger partial charge in [-0.15, -0.1) is 24.0 Å². The normalized spacial score (nSPS) is 15.0. The molecule has 27 heavy (non-hydrogen) atoms. The van der Waals surface area contributed by atoms with Crippen LogP contribution in [0, 0.1) is 12.7 Å². The molecule has 3 N–H and O–H groups in total. The summed E-state index contributed by atoms with van der Waals surface area (Å²) in [6.45, 7) is 3.16. The summed E-state index contributed by atoms with van der Waals surface area (Å²) in [5.41, 5.74) is 2.07. The molecule has 7 heteroatoms. The number of hydrogen-bond acceptors (Lipinski definition) is 2. The molecule has 0 heterocycles. The van der Waals surface area contributed by atoms with Crippen molar-refractivity contribution in [3.8, 4) is 0 Å². The number of benzene rings is 1. The van der Waals surface area contributed by atoms with Gasteiger partial charge in [0, 0.05) is 32.6 Å². The number of aliphatic imine (C=N–C) groups is 1. The van der Waals surface area contributed by atoms with E-state index < -0.39 is 0 Å². The minimum Gasteiger partial charge on any atom is -0.356 e. The summed E-state index contributed by atoms with van der Waals surface area (Å²) in [6.07, 6.45) is 7.15. The molecule has 0 bridgehead atoms. The van der Waals surface area contributed by atoms with Gasteiger partial charge in [-0.2, -0.15) is 0 Å². The number of rotatable bonds is 7. The van der Waals surface area contributed by atoms with E-state index in [1.54, 1.807) is 13.1 Å². The van der Waals surface area contributed by atoms with Gasteiger partial charge < -0.3 is 16.0 Å². The number of hydrogen-bond donors (Lipinski definition) is 3. The quantitative estimate of drug-likeness (QED) is 0.312. The predicted octanol–water partition coefficient (Wildman–Crippen LogP) is 3.30. The van der Waals surface area contributed by atoms with Gasteiger partial charge in [-0.3, -0.25) is 9.79 Å². The van der Waals surface area contributed by atoms with Crippen molar-refractivity contribution >= 4 is 35.8 Å². The third-order valence-corrected chi connectivity index (χ3v) is 4.83. The van der Waals surface area contributed by atoms with Gasteiger partial charge in [0.1, 0.15) is 5.82 Å². The highest BCUT2D eigenvalue weighted by Crippen LogP contribution is 2.17. The monoisotopic (exact) mass is 490 g/mol. The van der Waals surface area contributed by atoms with E-state index in [0.717, 1.165) is 30.4 Å². The summed E-state index contributed by atoms with van der Waals surface area (Å²) < 4.78 is 13.1. The first-order chi connectivity index (χ1) is 12.6. The van der Waals surface area contributed by atoms with Crippen molar-refractivity contribution in [3.63, 3.8) is 0 Å². The number of carbonyl (C=O) groups excluding carboxylic acids is 1. The fraction of sp³-hybridized carbons (Fsp3) is 0.600. The first-order valence-electron chi connectivity index (χ1n) is 9.57. The third kappa shape index (κ3) is 8.90. The number of guanidine groups is 1. The zero-order chi connectivity index (χ0) is 18.8. The Morgan fingerprint density at radius 1 is 1.19 bits per heavy atom. The number of halogens is 2. The van der Waals surface area contributed by atoms with Crippen LogP contribution in [0.5, 0.6) is 0 Å². The van der Waals surface area contributed by atoms with E-state index in [4.69, 9.17) is 0 Å². The summed E-state index contributed by atoms with van der Waals surface area (Å²) in [5.74, 6) is 0.570. The van der Waals surface area contributed by atoms with E-state index in [9.17, 15) is 9.18 Å². The summed E-state index contributed by atoms with van der Waals surface area (Å²) in [6, 6.07) is 5.21. The molecule has 0 aliphatic heterocycles. The number of nitrogens with one attached hydrogen (secondary N) is 3. The second-order valence-corrected chi connectivity index (χ2v) is 6.90. The fourth-order valence-electron chi connectivity index (χ4n) is 3.32. The Kier molecular flexibility index (Phi) is 11.3. The minimum absolute atomic E-state index is 0. The second-order valence-electron chi connectivity index (χ2n) is 6.90. The first-order valence-corrected chi connectivity index (χ1v) is 9.57. The Morgan fingerprint density at radius 3 is 2.56 bits per heavy atom. The lowest BCUT2D eigenvalue weighted by Crippen LogP contribution is -2.41. The van der Waals surface area contributed by atoms with E-state index >= 15 is 0 Å². The Morgan fingerprint density at radius 2 is 1.89 bits per heavy atom. The van der Waals surface area contributed by atoms with Crippen LogP contribution < -0.4 is 16.0 Å². The molecule has 0 radical (unpaired) electrons. The molecular formula is C20H32FIN4O. The lowest BCUT2D eigenvalue weighted by atomic mass is 9.95. The maximum Gasteiger partial charge on any atom is 0.221 e. The van der Waals surface area contributed by atoms with Crippen LogP contribution >= 0.6 is 24.0 Å². The Hall–Kier alpha value is -1.38. The summed E-state index contributed by atoms with van der Waals surface area (Å²) in [4.78, 5) is 16.2. The van der Waals surface area contributed by atoms with Gasteiger partial charge >= 0.3 is 0 Å². The Bertz CT molecular complexity index is 618. The largest absolute Gasteiger partial charge is 0.356 e. The molecular weight excluding hydrogens is 458 g/mol. The maximum absolute atomic E-state index is 13.1. The van der Waals surface area contributed by atoms with Gasteiger partial charge in [-0.1, -0.05) is 25.3 Å². The van der Waals surface area contributed by atoms with Gasteiger partial charge in [-0.25, -0.2) is 4.39 Å². The van der Waals surface area contributed by atoms with Crippen molar-refractivity contribution in [2.24, 2.45) is 4.99 Å². The third-order valence-electron chi connectivity index (χ3n) is 4.83. The van der Waals surface area contributed by atoms with E-state index in [0.29, 0.717) is 31.5 Å². The SMILES string of the molecule is CN=C(NCCC(=O)NC1CCCCC1)NCCc1ccc(F)cc1C.I. The number of nitrogens with zero attached hydrogens (tertiary/aromatic N) is 1. The standard InChI is InChI=1S/C20H31FN4O.HI/c1-15-14-17(21)9-8-16(15)10-12-23-20(22-2)24-13-11-19(26)25-18-6-4-3-5-7-18;/h8-9,14,18H,3-7,10-13H2,1-2H3,(H,25,26)(H2,22,23,24);1H. The van der Waals surface area contributed by atoms with E-state index in [-0.39, 0.29) is 35.7 Å². The molecule has 1 amide bonds. The van der Waals surface area contributed by atoms with Crippen LogP contribution in [0.1, 0.15) is 49.7 Å². The van der Waals surface area contributed by atoms with Crippen molar-refractivity contribution < 1.29 is 9.18 Å². The Labute approximate surface area is 179 Å². The molecule has 1 aliphatic carbocycles. The second kappa shape index (κ2) is 12.9. The predicted molar refractivity (Wildman–Crippen MR) is 119 cm³/mol. The van der Waals surface area contributed by atoms with Crippen LogP contribution in [0.3, 0.4) is 0 Å². The Balaban J connectivity index is 0.00000364. The number of amides is 1. The van der Waals surface area contributed by atoms with Crippen molar-refractivity contribution in [2.45, 2.75) is 57.9 Å². The molecule has 0 saturated heterocycles. The molecule has 0 atom stereocenters. The molecule has 1 aromatic carbocycles. The van der Waals surface area contributed by atoms with E-state index in [2.05, 4.69) is 20.9 Å². The molecule has 1 aliphatic rings. The maximum atomic E-state index is 13.1. The average Bonchev–Trinajstić information content (AvgIpc) is 2.63. The summed E-state index contributed by atoms with van der Waals surface area (Å²) in [7, 11) is 1.71. The van der Waals surface area contributed by atoms with Crippen LogP contribution in [-0.2, 0) is 11.2 Å². The average molecular weight is 490 g/mol. The molecule has 1 saturated carbocycles. The number of carbonyl (C=O) groups is 1. The van der Waals surface area contributed by atoms with Gasteiger partial charge in [-0.05, 0) is 49.4 Å². The number of aryl methyl sites for hydroxylation is 1. The van der Waals surface area contributed by atoms with Crippen molar-refractivity contribution in [3.05, 3.63) is 35.1 Å². The van der Waals surface area contributed by atoms with Crippen LogP contribution in [-0.4, -0.2) is 38.0 Å². The van der Waals surface area contributed by atoms with Crippen LogP contribution in [0.25, 0.3) is 0 Å². The lowest BCUT2D eigenvalue weighted by Gasteiger charge is -2.22. The molecule has 5 nitrogen and oxygen atoms in total. The molecule has 2 rings (SSSR count). The summed E-state index contributed by atoms with van der Waals surface area (Å²) >= 11 is 0. The highest BCUT2D eigenvalue weighted by atomic mass is 127. The van der Waals surface area contributed by atoms with Crippen LogP contribution in [0.15, 0.2) is 23.2 Å². The molecule has 152 valence electrons.